The van der Waals surface area contributed by atoms with Crippen LogP contribution < -0.4 is 4.74 Å². The minimum Gasteiger partial charge on any atom is -0.494 e. The van der Waals surface area contributed by atoms with E-state index >= 15 is 0 Å². The Kier molecular flexibility index (Phi) is 5.63. The van der Waals surface area contributed by atoms with Crippen LogP contribution in [-0.2, 0) is 0 Å². The molecule has 4 aromatic rings. The smallest absolute Gasteiger partial charge is 0.216 e. The summed E-state index contributed by atoms with van der Waals surface area (Å²) in [7, 11) is 0. The van der Waals surface area contributed by atoms with Crippen LogP contribution in [0.1, 0.15) is 12.5 Å². The number of H-pyrrole nitrogens is 1. The van der Waals surface area contributed by atoms with Gasteiger partial charge in [0.1, 0.15) is 5.75 Å². The number of hydrogen-bond acceptors (Lipinski definition) is 4. The number of ether oxygens (including phenoxy) is 1. The van der Waals surface area contributed by atoms with E-state index in [1.807, 2.05) is 61.5 Å². The van der Waals surface area contributed by atoms with E-state index in [-0.39, 0.29) is 0 Å². The summed E-state index contributed by atoms with van der Waals surface area (Å²) in [5.74, 6) is 1.42. The van der Waals surface area contributed by atoms with Crippen molar-refractivity contribution >= 4 is 18.4 Å². The van der Waals surface area contributed by atoms with E-state index in [0.717, 1.165) is 22.4 Å². The molecule has 0 amide bonds. The zero-order valence-corrected chi connectivity index (χ0v) is 16.8. The molecule has 0 atom stereocenters. The summed E-state index contributed by atoms with van der Waals surface area (Å²) in [5.41, 5.74) is 4.20. The van der Waals surface area contributed by atoms with Crippen LogP contribution in [0.4, 0.5) is 0 Å². The van der Waals surface area contributed by atoms with Gasteiger partial charge < -0.3 is 4.74 Å². The van der Waals surface area contributed by atoms with Crippen LogP contribution in [0.25, 0.3) is 22.5 Å². The Labute approximate surface area is 174 Å². The molecule has 0 aliphatic carbocycles. The molecule has 0 unspecified atom stereocenters. The number of benzene rings is 3. The number of nitrogens with one attached hydrogen (secondary N) is 1. The van der Waals surface area contributed by atoms with Crippen molar-refractivity contribution < 1.29 is 4.74 Å². The van der Waals surface area contributed by atoms with Crippen molar-refractivity contribution in [2.75, 3.05) is 6.61 Å². The van der Waals surface area contributed by atoms with Crippen LogP contribution in [-0.4, -0.2) is 27.7 Å². The van der Waals surface area contributed by atoms with Gasteiger partial charge in [0.05, 0.1) is 12.8 Å². The van der Waals surface area contributed by atoms with Gasteiger partial charge in [0.15, 0.2) is 5.82 Å². The van der Waals surface area contributed by atoms with Gasteiger partial charge in [-0.3, -0.25) is 0 Å². The molecule has 0 saturated heterocycles. The molecule has 5 nitrogen and oxygen atoms in total. The Morgan fingerprint density at radius 3 is 2.45 bits per heavy atom. The molecule has 0 aliphatic rings. The zero-order valence-electron chi connectivity index (χ0n) is 15.9. The van der Waals surface area contributed by atoms with Crippen LogP contribution >= 0.6 is 12.2 Å². The predicted octanol–water partition coefficient (Wildman–Crippen LogP) is 5.56. The number of nitrogens with zero attached hydrogens (tertiary/aromatic N) is 3. The largest absolute Gasteiger partial charge is 0.494 e. The van der Waals surface area contributed by atoms with Gasteiger partial charge >= 0.3 is 0 Å². The van der Waals surface area contributed by atoms with Gasteiger partial charge in [0, 0.05) is 5.56 Å². The molecule has 0 bridgehead atoms. The second kappa shape index (κ2) is 8.67. The quantitative estimate of drug-likeness (QED) is 0.341. The van der Waals surface area contributed by atoms with Gasteiger partial charge in [-0.15, -0.1) is 0 Å². The molecule has 3 aromatic carbocycles. The minimum atomic E-state index is 0.430. The summed E-state index contributed by atoms with van der Waals surface area (Å²) >= 11 is 5.36. The molecule has 0 aliphatic heterocycles. The summed E-state index contributed by atoms with van der Waals surface area (Å²) in [6, 6.07) is 26.2. The van der Waals surface area contributed by atoms with E-state index < -0.39 is 0 Å². The van der Waals surface area contributed by atoms with E-state index in [9.17, 15) is 0 Å². The normalized spacial score (nSPS) is 11.1. The lowest BCUT2D eigenvalue weighted by Gasteiger charge is -2.05. The first kappa shape index (κ1) is 18.8. The summed E-state index contributed by atoms with van der Waals surface area (Å²) in [4.78, 5) is 0. The summed E-state index contributed by atoms with van der Waals surface area (Å²) < 4.78 is 7.63. The third-order valence-corrected chi connectivity index (χ3v) is 4.66. The fourth-order valence-corrected chi connectivity index (χ4v) is 3.17. The molecule has 0 fully saturated rings. The van der Waals surface area contributed by atoms with Gasteiger partial charge in [0.25, 0.3) is 0 Å². The van der Waals surface area contributed by atoms with Crippen molar-refractivity contribution in [3.63, 3.8) is 0 Å². The number of rotatable bonds is 6. The van der Waals surface area contributed by atoms with Crippen LogP contribution in [0.2, 0.25) is 0 Å². The lowest BCUT2D eigenvalue weighted by Crippen LogP contribution is -1.96. The monoisotopic (exact) mass is 400 g/mol. The topological polar surface area (TPSA) is 55.2 Å². The van der Waals surface area contributed by atoms with Crippen LogP contribution in [0, 0.1) is 4.77 Å². The lowest BCUT2D eigenvalue weighted by atomic mass is 10.0. The Bertz CT molecular complexity index is 1180. The van der Waals surface area contributed by atoms with Gasteiger partial charge in [-0.2, -0.15) is 14.9 Å². The molecule has 6 heteroatoms. The maximum absolute atomic E-state index is 5.58. The molecule has 1 heterocycles. The first-order valence-corrected chi connectivity index (χ1v) is 9.76. The third-order valence-electron chi connectivity index (χ3n) is 4.39. The second-order valence-electron chi connectivity index (χ2n) is 6.36. The van der Waals surface area contributed by atoms with Crippen molar-refractivity contribution in [3.8, 4) is 28.3 Å². The Morgan fingerprint density at radius 1 is 0.966 bits per heavy atom. The second-order valence-corrected chi connectivity index (χ2v) is 6.74. The van der Waals surface area contributed by atoms with Crippen molar-refractivity contribution in [2.24, 2.45) is 5.10 Å². The third kappa shape index (κ3) is 4.33. The van der Waals surface area contributed by atoms with Gasteiger partial charge in [-0.1, -0.05) is 66.7 Å². The highest BCUT2D eigenvalue weighted by Gasteiger charge is 2.09. The van der Waals surface area contributed by atoms with Crippen molar-refractivity contribution in [1.29, 1.82) is 0 Å². The van der Waals surface area contributed by atoms with Gasteiger partial charge in [-0.05, 0) is 48.0 Å². The molecule has 0 radical (unpaired) electrons. The maximum atomic E-state index is 5.58. The predicted molar refractivity (Wildman–Crippen MR) is 119 cm³/mol. The van der Waals surface area contributed by atoms with Crippen molar-refractivity contribution in [3.05, 3.63) is 89.2 Å². The highest BCUT2D eigenvalue weighted by molar-refractivity contribution is 7.71. The number of aromatic nitrogens is 3. The standard InChI is InChI=1S/C23H20N4OS/c1-2-28-21-10-6-9-20(15-21)22-25-26-23(29)27(22)24-16-17-11-13-19(14-12-17)18-7-4-3-5-8-18/h3-16H,2H2,1H3,(H,26,29)/b24-16+. The van der Waals surface area contributed by atoms with E-state index in [2.05, 4.69) is 39.6 Å². The summed E-state index contributed by atoms with van der Waals surface area (Å²) in [6.07, 6.45) is 1.77. The zero-order chi connectivity index (χ0) is 20.1. The van der Waals surface area contributed by atoms with Crippen molar-refractivity contribution in [2.45, 2.75) is 6.92 Å². The van der Waals surface area contributed by atoms with Gasteiger partial charge in [0.2, 0.25) is 4.77 Å². The van der Waals surface area contributed by atoms with Gasteiger partial charge in [-0.25, -0.2) is 5.10 Å². The fraction of sp³-hybridized carbons (Fsp3) is 0.0870. The molecule has 0 spiro atoms. The molecule has 29 heavy (non-hydrogen) atoms. The Morgan fingerprint density at radius 2 is 1.69 bits per heavy atom. The van der Waals surface area contributed by atoms with Crippen LogP contribution in [0.3, 0.4) is 0 Å². The highest BCUT2D eigenvalue weighted by atomic mass is 32.1. The van der Waals surface area contributed by atoms with Crippen LogP contribution in [0.15, 0.2) is 84.0 Å². The number of hydrogen-bond donors (Lipinski definition) is 1. The maximum Gasteiger partial charge on any atom is 0.216 e. The van der Waals surface area contributed by atoms with E-state index in [0.29, 0.717) is 17.2 Å². The Hall–Kier alpha value is -3.51. The molecular weight excluding hydrogens is 380 g/mol. The lowest BCUT2D eigenvalue weighted by molar-refractivity contribution is 0.340. The van der Waals surface area contributed by atoms with E-state index in [1.54, 1.807) is 10.9 Å². The van der Waals surface area contributed by atoms with Crippen molar-refractivity contribution in [1.82, 2.24) is 14.9 Å². The average molecular weight is 401 g/mol. The average Bonchev–Trinajstić information content (AvgIpc) is 3.14. The van der Waals surface area contributed by atoms with Crippen LogP contribution in [0.5, 0.6) is 5.75 Å². The molecular formula is C23H20N4OS. The fourth-order valence-electron chi connectivity index (χ4n) is 2.99. The van der Waals surface area contributed by atoms with E-state index in [4.69, 9.17) is 17.0 Å². The SMILES string of the molecule is CCOc1cccc(-c2n[nH]c(=S)n2/N=C/c2ccc(-c3ccccc3)cc2)c1. The molecule has 1 N–H and O–H groups in total. The van der Waals surface area contributed by atoms with E-state index in [1.165, 1.54) is 5.56 Å². The molecule has 0 saturated carbocycles. The minimum absolute atomic E-state index is 0.430. The molecule has 144 valence electrons. The summed E-state index contributed by atoms with van der Waals surface area (Å²) in [5, 5.41) is 11.7. The Balaban J connectivity index is 1.60. The molecule has 4 rings (SSSR count). The summed E-state index contributed by atoms with van der Waals surface area (Å²) in [6.45, 7) is 2.56. The molecule has 1 aromatic heterocycles. The number of aromatic amines is 1. The first-order chi connectivity index (χ1) is 14.2. The highest BCUT2D eigenvalue weighted by Crippen LogP contribution is 2.23. The first-order valence-electron chi connectivity index (χ1n) is 9.35.